The first kappa shape index (κ1) is 14.0. The zero-order valence-corrected chi connectivity index (χ0v) is 8.13. The molecule has 2 N–H and O–H groups in total. The molecule has 0 aromatic rings. The van der Waals surface area contributed by atoms with Crippen LogP contribution < -0.4 is 5.73 Å². The second kappa shape index (κ2) is 6.00. The van der Waals surface area contributed by atoms with Gasteiger partial charge in [0.2, 0.25) is 0 Å². The van der Waals surface area contributed by atoms with Crippen LogP contribution in [0.3, 0.4) is 0 Å². The van der Waals surface area contributed by atoms with Crippen LogP contribution in [0.25, 0.3) is 0 Å². The van der Waals surface area contributed by atoms with Gasteiger partial charge in [0.05, 0.1) is 0 Å². The first-order valence-corrected chi connectivity index (χ1v) is 3.26. The van der Waals surface area contributed by atoms with Gasteiger partial charge in [0.15, 0.2) is 0 Å². The molecule has 1 aliphatic rings. The minimum atomic E-state index is -0.709. The molecule has 11 heavy (non-hydrogen) atoms. The molecule has 1 heterocycles. The fourth-order valence-corrected chi connectivity index (χ4v) is 1.29. The van der Waals surface area contributed by atoms with Crippen molar-refractivity contribution in [3.8, 4) is 0 Å². The largest absolute Gasteiger partial charge is 0.326 e. The molecular formula is C6H15Cl2FN2. The highest BCUT2D eigenvalue weighted by Crippen LogP contribution is 2.09. The fraction of sp³-hybridized carbons (Fsp3) is 1.00. The Morgan fingerprint density at radius 3 is 2.27 bits per heavy atom. The maximum absolute atomic E-state index is 12.6. The maximum Gasteiger partial charge on any atom is 0.114 e. The topological polar surface area (TPSA) is 29.3 Å². The monoisotopic (exact) mass is 204 g/mol. The third-order valence-electron chi connectivity index (χ3n) is 1.61. The molecule has 0 saturated carbocycles. The number of nitrogens with two attached hydrogens (primary N) is 1. The summed E-state index contributed by atoms with van der Waals surface area (Å²) in [5, 5.41) is 0. The van der Waals surface area contributed by atoms with Crippen molar-refractivity contribution in [1.82, 2.24) is 4.90 Å². The summed E-state index contributed by atoms with van der Waals surface area (Å²) in [6, 6.07) is 0.0405. The van der Waals surface area contributed by atoms with Crippen molar-refractivity contribution >= 4 is 24.8 Å². The van der Waals surface area contributed by atoms with E-state index in [1.807, 2.05) is 11.9 Å². The molecule has 0 unspecified atom stereocenters. The molecule has 0 aromatic heterocycles. The first-order chi connectivity index (χ1) is 4.18. The Bertz CT molecular complexity index is 79.6. The molecule has 70 valence electrons. The number of halogens is 3. The number of piperidine rings is 1. The van der Waals surface area contributed by atoms with E-state index in [2.05, 4.69) is 0 Å². The molecule has 1 saturated heterocycles. The molecule has 1 fully saturated rings. The average Bonchev–Trinajstić information content (AvgIpc) is 1.59. The second-order valence-electron chi connectivity index (χ2n) is 2.81. The van der Waals surface area contributed by atoms with E-state index in [0.717, 1.165) is 6.54 Å². The van der Waals surface area contributed by atoms with Crippen LogP contribution in [0, 0.1) is 0 Å². The number of nitrogens with zero attached hydrogens (tertiary/aromatic N) is 1. The number of hydrogen-bond acceptors (Lipinski definition) is 2. The molecule has 2 atom stereocenters. The van der Waals surface area contributed by atoms with E-state index < -0.39 is 6.17 Å². The Morgan fingerprint density at radius 1 is 1.36 bits per heavy atom. The summed E-state index contributed by atoms with van der Waals surface area (Å²) in [6.07, 6.45) is -0.177. The van der Waals surface area contributed by atoms with E-state index in [0.29, 0.717) is 13.0 Å². The van der Waals surface area contributed by atoms with Gasteiger partial charge >= 0.3 is 0 Å². The lowest BCUT2D eigenvalue weighted by Crippen LogP contribution is -2.45. The number of likely N-dealkylation sites (tertiary alicyclic amines) is 1. The minimum Gasteiger partial charge on any atom is -0.326 e. The zero-order valence-electron chi connectivity index (χ0n) is 6.50. The number of alkyl halides is 1. The van der Waals surface area contributed by atoms with Gasteiger partial charge in [-0.3, -0.25) is 0 Å². The van der Waals surface area contributed by atoms with Crippen LogP contribution in [0.2, 0.25) is 0 Å². The molecule has 1 rings (SSSR count). The predicted molar refractivity (Wildman–Crippen MR) is 49.5 cm³/mol. The van der Waals surface area contributed by atoms with E-state index in [-0.39, 0.29) is 30.9 Å². The van der Waals surface area contributed by atoms with E-state index in [9.17, 15) is 4.39 Å². The van der Waals surface area contributed by atoms with Crippen molar-refractivity contribution in [2.24, 2.45) is 5.73 Å². The number of rotatable bonds is 0. The van der Waals surface area contributed by atoms with Crippen LogP contribution in [0.5, 0.6) is 0 Å². The van der Waals surface area contributed by atoms with Crippen molar-refractivity contribution in [3.63, 3.8) is 0 Å². The lowest BCUT2D eigenvalue weighted by atomic mass is 10.1. The smallest absolute Gasteiger partial charge is 0.114 e. The average molecular weight is 205 g/mol. The van der Waals surface area contributed by atoms with E-state index in [1.54, 1.807) is 0 Å². The van der Waals surface area contributed by atoms with Gasteiger partial charge in [-0.25, -0.2) is 4.39 Å². The summed E-state index contributed by atoms with van der Waals surface area (Å²) >= 11 is 0. The SMILES string of the molecule is CN1C[C@@H](N)C[C@@H](F)C1.Cl.Cl. The second-order valence-corrected chi connectivity index (χ2v) is 2.81. The highest BCUT2D eigenvalue weighted by atomic mass is 35.5. The van der Waals surface area contributed by atoms with Crippen LogP contribution >= 0.6 is 24.8 Å². The van der Waals surface area contributed by atoms with Gasteiger partial charge in [-0.1, -0.05) is 0 Å². The highest BCUT2D eigenvalue weighted by molar-refractivity contribution is 5.85. The summed E-state index contributed by atoms with van der Waals surface area (Å²) in [5.74, 6) is 0. The van der Waals surface area contributed by atoms with Crippen molar-refractivity contribution in [3.05, 3.63) is 0 Å². The Labute approximate surface area is 79.1 Å². The lowest BCUT2D eigenvalue weighted by Gasteiger charge is -2.29. The Balaban J connectivity index is 0. The molecule has 0 amide bonds. The third-order valence-corrected chi connectivity index (χ3v) is 1.61. The summed E-state index contributed by atoms with van der Waals surface area (Å²) < 4.78 is 12.6. The van der Waals surface area contributed by atoms with Gasteiger partial charge in [-0.05, 0) is 13.5 Å². The molecule has 0 spiro atoms. The molecule has 5 heteroatoms. The number of likely N-dealkylation sites (N-methyl/N-ethyl adjacent to an activating group) is 1. The summed E-state index contributed by atoms with van der Waals surface area (Å²) in [6.45, 7) is 1.38. The summed E-state index contributed by atoms with van der Waals surface area (Å²) in [4.78, 5) is 1.93. The molecule has 0 bridgehead atoms. The van der Waals surface area contributed by atoms with Crippen LogP contribution in [0.1, 0.15) is 6.42 Å². The Morgan fingerprint density at radius 2 is 1.91 bits per heavy atom. The van der Waals surface area contributed by atoms with Crippen molar-refractivity contribution in [2.75, 3.05) is 20.1 Å². The van der Waals surface area contributed by atoms with Crippen LogP contribution in [-0.2, 0) is 0 Å². The quantitative estimate of drug-likeness (QED) is 0.634. The highest BCUT2D eigenvalue weighted by Gasteiger charge is 2.21. The van der Waals surface area contributed by atoms with Gasteiger partial charge in [0.25, 0.3) is 0 Å². The van der Waals surface area contributed by atoms with Gasteiger partial charge in [0.1, 0.15) is 6.17 Å². The van der Waals surface area contributed by atoms with Crippen LogP contribution in [0.4, 0.5) is 4.39 Å². The third kappa shape index (κ3) is 4.80. The van der Waals surface area contributed by atoms with Crippen molar-refractivity contribution < 1.29 is 4.39 Å². The van der Waals surface area contributed by atoms with Crippen molar-refractivity contribution in [1.29, 1.82) is 0 Å². The van der Waals surface area contributed by atoms with E-state index in [1.165, 1.54) is 0 Å². The van der Waals surface area contributed by atoms with E-state index >= 15 is 0 Å². The summed E-state index contributed by atoms with van der Waals surface area (Å²) in [7, 11) is 1.89. The molecule has 0 radical (unpaired) electrons. The van der Waals surface area contributed by atoms with Gasteiger partial charge in [-0.2, -0.15) is 0 Å². The van der Waals surface area contributed by atoms with Gasteiger partial charge in [0, 0.05) is 19.1 Å². The zero-order chi connectivity index (χ0) is 6.85. The van der Waals surface area contributed by atoms with Crippen molar-refractivity contribution in [2.45, 2.75) is 18.6 Å². The van der Waals surface area contributed by atoms with E-state index in [4.69, 9.17) is 5.73 Å². The molecular weight excluding hydrogens is 190 g/mol. The Kier molecular flexibility index (Phi) is 7.63. The molecule has 1 aliphatic heterocycles. The van der Waals surface area contributed by atoms with Gasteiger partial charge in [-0.15, -0.1) is 24.8 Å². The fourth-order valence-electron chi connectivity index (χ4n) is 1.29. The van der Waals surface area contributed by atoms with Gasteiger partial charge < -0.3 is 10.6 Å². The molecule has 2 nitrogen and oxygen atoms in total. The molecule has 0 aliphatic carbocycles. The van der Waals surface area contributed by atoms with Crippen LogP contribution in [0.15, 0.2) is 0 Å². The molecule has 0 aromatic carbocycles. The number of hydrogen-bond donors (Lipinski definition) is 1. The first-order valence-electron chi connectivity index (χ1n) is 3.26. The minimum absolute atomic E-state index is 0. The summed E-state index contributed by atoms with van der Waals surface area (Å²) in [5.41, 5.74) is 5.53. The van der Waals surface area contributed by atoms with Crippen LogP contribution in [-0.4, -0.2) is 37.3 Å². The maximum atomic E-state index is 12.6. The predicted octanol–water partition coefficient (Wildman–Crippen LogP) is 0.831. The standard InChI is InChI=1S/C6H13FN2.2ClH/c1-9-3-5(7)2-6(8)4-9;;/h5-6H,2-4,8H2,1H3;2*1H/t5-,6+;;/m1../s1. The lowest BCUT2D eigenvalue weighted by molar-refractivity contribution is 0.147. The Hall–Kier alpha value is 0.430. The normalized spacial score (nSPS) is 31.9.